The molecular weight excluding hydrogens is 272 g/mol. The summed E-state index contributed by atoms with van der Waals surface area (Å²) < 4.78 is 0. The molecule has 1 fully saturated rings. The molecular formula is C19H22N2O. The monoisotopic (exact) mass is 294 g/mol. The van der Waals surface area contributed by atoms with E-state index in [0.29, 0.717) is 11.9 Å². The second-order valence-electron chi connectivity index (χ2n) is 6.81. The van der Waals surface area contributed by atoms with E-state index >= 15 is 0 Å². The Morgan fingerprint density at radius 1 is 1.18 bits per heavy atom. The lowest BCUT2D eigenvalue weighted by Gasteiger charge is -2.34. The molecule has 0 saturated carbocycles. The Morgan fingerprint density at radius 2 is 1.95 bits per heavy atom. The van der Waals surface area contributed by atoms with Gasteiger partial charge in [-0.3, -0.25) is 4.90 Å². The van der Waals surface area contributed by atoms with Crippen molar-refractivity contribution in [1.29, 1.82) is 0 Å². The van der Waals surface area contributed by atoms with Crippen molar-refractivity contribution < 1.29 is 5.11 Å². The molecule has 4 rings (SSSR count). The molecule has 22 heavy (non-hydrogen) atoms. The minimum atomic E-state index is 0.0948. The van der Waals surface area contributed by atoms with Crippen LogP contribution in [-0.4, -0.2) is 29.8 Å². The van der Waals surface area contributed by atoms with E-state index in [4.69, 9.17) is 0 Å². The molecule has 3 nitrogen and oxygen atoms in total. The Morgan fingerprint density at radius 3 is 2.73 bits per heavy atom. The van der Waals surface area contributed by atoms with Crippen LogP contribution in [0.15, 0.2) is 48.5 Å². The van der Waals surface area contributed by atoms with Crippen molar-refractivity contribution in [1.82, 2.24) is 4.90 Å². The third kappa shape index (κ3) is 1.85. The molecule has 0 unspecified atom stereocenters. The topological polar surface area (TPSA) is 26.7 Å². The highest BCUT2D eigenvalue weighted by Crippen LogP contribution is 2.52. The van der Waals surface area contributed by atoms with Crippen molar-refractivity contribution in [2.24, 2.45) is 0 Å². The number of hydrogen-bond donors (Lipinski definition) is 1. The number of benzene rings is 2. The number of phenolic OH excluding ortho intramolecular Hbond substituents is 1. The maximum absolute atomic E-state index is 9.89. The summed E-state index contributed by atoms with van der Waals surface area (Å²) in [7, 11) is 2.18. The number of likely N-dealkylation sites (tertiary alicyclic amines) is 1. The van der Waals surface area contributed by atoms with Crippen LogP contribution in [0.2, 0.25) is 0 Å². The van der Waals surface area contributed by atoms with Crippen LogP contribution in [0.3, 0.4) is 0 Å². The molecule has 3 heteroatoms. The summed E-state index contributed by atoms with van der Waals surface area (Å²) in [5.41, 5.74) is 4.00. The SMILES string of the molecule is CN1c2ccc(O)cc2[C@]2(C)CCN(Cc3ccccc3)[C@H]12. The van der Waals surface area contributed by atoms with E-state index in [1.807, 2.05) is 6.07 Å². The Balaban J connectivity index is 1.69. The molecule has 0 radical (unpaired) electrons. The van der Waals surface area contributed by atoms with Gasteiger partial charge in [-0.2, -0.15) is 0 Å². The van der Waals surface area contributed by atoms with Crippen LogP contribution in [0.1, 0.15) is 24.5 Å². The number of fused-ring (bicyclic) bond motifs is 3. The number of rotatable bonds is 2. The molecule has 0 aliphatic carbocycles. The van der Waals surface area contributed by atoms with Crippen LogP contribution in [0.5, 0.6) is 5.75 Å². The van der Waals surface area contributed by atoms with Crippen LogP contribution in [0.4, 0.5) is 5.69 Å². The van der Waals surface area contributed by atoms with Gasteiger partial charge in [-0.15, -0.1) is 0 Å². The standard InChI is InChI=1S/C19H22N2O/c1-19-10-11-21(13-14-6-4-3-5-7-14)18(19)20(2)17-9-8-15(22)12-16(17)19/h3-9,12,18,22H,10-11,13H2,1-2H3/t18-,19-/m0/s1. The first-order valence-electron chi connectivity index (χ1n) is 7.94. The van der Waals surface area contributed by atoms with Gasteiger partial charge in [0.1, 0.15) is 5.75 Å². The Kier molecular flexibility index (Phi) is 2.95. The Hall–Kier alpha value is -2.00. The van der Waals surface area contributed by atoms with Crippen LogP contribution in [-0.2, 0) is 12.0 Å². The Bertz CT molecular complexity index is 700. The molecule has 1 saturated heterocycles. The fraction of sp³-hybridized carbons (Fsp3) is 0.368. The number of anilines is 1. The van der Waals surface area contributed by atoms with Crippen molar-refractivity contribution >= 4 is 5.69 Å². The normalized spacial score (nSPS) is 27.0. The van der Waals surface area contributed by atoms with E-state index in [0.717, 1.165) is 19.5 Å². The van der Waals surface area contributed by atoms with E-state index in [-0.39, 0.29) is 5.41 Å². The summed E-state index contributed by atoms with van der Waals surface area (Å²) in [6.45, 7) is 4.41. The molecule has 0 aromatic heterocycles. The van der Waals surface area contributed by atoms with Crippen LogP contribution < -0.4 is 4.90 Å². The van der Waals surface area contributed by atoms with Crippen LogP contribution in [0.25, 0.3) is 0 Å². The van der Waals surface area contributed by atoms with Crippen molar-refractivity contribution in [3.63, 3.8) is 0 Å². The van der Waals surface area contributed by atoms with Crippen molar-refractivity contribution in [3.8, 4) is 5.75 Å². The largest absolute Gasteiger partial charge is 0.508 e. The molecule has 0 amide bonds. The molecule has 2 aromatic rings. The van der Waals surface area contributed by atoms with Gasteiger partial charge in [0, 0.05) is 31.2 Å². The molecule has 2 aliphatic heterocycles. The van der Waals surface area contributed by atoms with E-state index < -0.39 is 0 Å². The van der Waals surface area contributed by atoms with Gasteiger partial charge in [-0.25, -0.2) is 0 Å². The number of hydrogen-bond acceptors (Lipinski definition) is 3. The van der Waals surface area contributed by atoms with Crippen molar-refractivity contribution in [3.05, 3.63) is 59.7 Å². The zero-order valence-corrected chi connectivity index (χ0v) is 13.2. The van der Waals surface area contributed by atoms with Gasteiger partial charge < -0.3 is 10.0 Å². The summed E-state index contributed by atoms with van der Waals surface area (Å²) >= 11 is 0. The zero-order chi connectivity index (χ0) is 15.3. The minimum Gasteiger partial charge on any atom is -0.508 e. The molecule has 0 spiro atoms. The second-order valence-corrected chi connectivity index (χ2v) is 6.81. The first-order valence-corrected chi connectivity index (χ1v) is 7.94. The van der Waals surface area contributed by atoms with Gasteiger partial charge in [0.25, 0.3) is 0 Å². The summed E-state index contributed by atoms with van der Waals surface area (Å²) in [6.07, 6.45) is 1.50. The lowest BCUT2D eigenvalue weighted by molar-refractivity contribution is 0.215. The van der Waals surface area contributed by atoms with Gasteiger partial charge >= 0.3 is 0 Å². The highest BCUT2D eigenvalue weighted by molar-refractivity contribution is 5.66. The number of aromatic hydroxyl groups is 1. The third-order valence-corrected chi connectivity index (χ3v) is 5.40. The zero-order valence-electron chi connectivity index (χ0n) is 13.2. The molecule has 114 valence electrons. The third-order valence-electron chi connectivity index (χ3n) is 5.40. The second kappa shape index (κ2) is 4.75. The lowest BCUT2D eigenvalue weighted by Crippen LogP contribution is -2.46. The first-order chi connectivity index (χ1) is 10.6. The quantitative estimate of drug-likeness (QED) is 0.920. The van der Waals surface area contributed by atoms with E-state index in [2.05, 4.69) is 60.2 Å². The average Bonchev–Trinajstić information content (AvgIpc) is 2.95. The van der Waals surface area contributed by atoms with Gasteiger partial charge in [-0.1, -0.05) is 37.3 Å². The number of phenols is 1. The van der Waals surface area contributed by atoms with Gasteiger partial charge in [0.2, 0.25) is 0 Å². The highest BCUT2D eigenvalue weighted by Gasteiger charge is 2.53. The molecule has 1 N–H and O–H groups in total. The van der Waals surface area contributed by atoms with Gasteiger partial charge in [-0.05, 0) is 35.7 Å². The number of likely N-dealkylation sites (N-methyl/N-ethyl adjacent to an activating group) is 1. The van der Waals surface area contributed by atoms with E-state index in [9.17, 15) is 5.11 Å². The Labute approximate surface area is 131 Å². The van der Waals surface area contributed by atoms with Gasteiger partial charge in [0.05, 0.1) is 6.17 Å². The van der Waals surface area contributed by atoms with E-state index in [1.54, 1.807) is 6.07 Å². The summed E-state index contributed by atoms with van der Waals surface area (Å²) in [6, 6.07) is 16.5. The highest BCUT2D eigenvalue weighted by atomic mass is 16.3. The summed E-state index contributed by atoms with van der Waals surface area (Å²) in [4.78, 5) is 4.94. The number of nitrogens with zero attached hydrogens (tertiary/aromatic N) is 2. The van der Waals surface area contributed by atoms with Crippen LogP contribution in [0, 0.1) is 0 Å². The fourth-order valence-corrected chi connectivity index (χ4v) is 4.38. The molecule has 2 heterocycles. The fourth-order valence-electron chi connectivity index (χ4n) is 4.38. The molecule has 2 aliphatic rings. The van der Waals surface area contributed by atoms with Crippen molar-refractivity contribution in [2.45, 2.75) is 31.5 Å². The average molecular weight is 294 g/mol. The predicted octanol–water partition coefficient (Wildman–Crippen LogP) is 3.33. The van der Waals surface area contributed by atoms with Gasteiger partial charge in [0.15, 0.2) is 0 Å². The molecule has 0 bridgehead atoms. The van der Waals surface area contributed by atoms with Crippen molar-refractivity contribution in [2.75, 3.05) is 18.5 Å². The smallest absolute Gasteiger partial charge is 0.116 e. The summed E-state index contributed by atoms with van der Waals surface area (Å²) in [5.74, 6) is 0.371. The van der Waals surface area contributed by atoms with Crippen LogP contribution >= 0.6 is 0 Å². The minimum absolute atomic E-state index is 0.0948. The first kappa shape index (κ1) is 13.6. The maximum Gasteiger partial charge on any atom is 0.116 e. The summed E-state index contributed by atoms with van der Waals surface area (Å²) in [5, 5.41) is 9.89. The maximum atomic E-state index is 9.89. The lowest BCUT2D eigenvalue weighted by atomic mass is 9.81. The van der Waals surface area contributed by atoms with E-state index in [1.165, 1.54) is 16.8 Å². The predicted molar refractivity (Wildman–Crippen MR) is 89.1 cm³/mol. The molecule has 2 aromatic carbocycles. The molecule has 2 atom stereocenters.